The van der Waals surface area contributed by atoms with Gasteiger partial charge in [0.2, 0.25) is 5.91 Å². The summed E-state index contributed by atoms with van der Waals surface area (Å²) < 4.78 is 0. The number of carbonyl (C=O) groups is 2. The van der Waals surface area contributed by atoms with E-state index in [1.165, 1.54) is 0 Å². The molecule has 0 aliphatic heterocycles. The monoisotopic (exact) mass is 300 g/mol. The molecule has 1 atom stereocenters. The van der Waals surface area contributed by atoms with Crippen LogP contribution in [0.5, 0.6) is 0 Å². The van der Waals surface area contributed by atoms with Crippen LogP contribution in [0.4, 0.5) is 0 Å². The Hall–Kier alpha value is -2.56. The van der Waals surface area contributed by atoms with Crippen molar-refractivity contribution in [3.05, 3.63) is 48.2 Å². The molecule has 5 nitrogen and oxygen atoms in total. The maximum absolute atomic E-state index is 11.8. The SMILES string of the molecule is CC(CC(=O)O)NC(=O)CCc1ccc(-c2ccccc2)[nH]1. The molecule has 0 bridgehead atoms. The predicted octanol–water partition coefficient (Wildman–Crippen LogP) is 2.59. The number of nitrogens with one attached hydrogen (secondary N) is 2. The first-order valence-electron chi connectivity index (χ1n) is 7.29. The highest BCUT2D eigenvalue weighted by atomic mass is 16.4. The van der Waals surface area contributed by atoms with Crippen LogP contribution in [0, 0.1) is 0 Å². The van der Waals surface area contributed by atoms with Gasteiger partial charge in [0.1, 0.15) is 0 Å². The molecular weight excluding hydrogens is 280 g/mol. The number of aromatic amines is 1. The molecule has 0 radical (unpaired) electrons. The van der Waals surface area contributed by atoms with E-state index in [0.29, 0.717) is 12.8 Å². The zero-order valence-corrected chi connectivity index (χ0v) is 12.5. The number of carbonyl (C=O) groups excluding carboxylic acids is 1. The number of aliphatic carboxylic acids is 1. The first-order valence-corrected chi connectivity index (χ1v) is 7.29. The predicted molar refractivity (Wildman–Crippen MR) is 84.4 cm³/mol. The van der Waals surface area contributed by atoms with Crippen molar-refractivity contribution in [2.45, 2.75) is 32.2 Å². The van der Waals surface area contributed by atoms with Crippen LogP contribution in [0.25, 0.3) is 11.3 Å². The van der Waals surface area contributed by atoms with E-state index < -0.39 is 5.97 Å². The highest BCUT2D eigenvalue weighted by molar-refractivity contribution is 5.77. The topological polar surface area (TPSA) is 82.2 Å². The molecule has 1 aromatic heterocycles. The van der Waals surface area contributed by atoms with Gasteiger partial charge in [-0.05, 0) is 31.0 Å². The van der Waals surface area contributed by atoms with Crippen molar-refractivity contribution in [2.24, 2.45) is 0 Å². The second kappa shape index (κ2) is 7.45. The number of hydrogen-bond donors (Lipinski definition) is 3. The van der Waals surface area contributed by atoms with Gasteiger partial charge in [0.05, 0.1) is 6.42 Å². The summed E-state index contributed by atoms with van der Waals surface area (Å²) in [6.07, 6.45) is 0.865. The van der Waals surface area contributed by atoms with Gasteiger partial charge in [-0.1, -0.05) is 30.3 Å². The maximum atomic E-state index is 11.8. The van der Waals surface area contributed by atoms with Gasteiger partial charge in [-0.3, -0.25) is 9.59 Å². The summed E-state index contributed by atoms with van der Waals surface area (Å²) in [5.41, 5.74) is 3.11. The first kappa shape index (κ1) is 15.8. The molecular formula is C17H20N2O3. The number of aromatic nitrogens is 1. The fourth-order valence-electron chi connectivity index (χ4n) is 2.28. The largest absolute Gasteiger partial charge is 0.481 e. The molecule has 3 N–H and O–H groups in total. The van der Waals surface area contributed by atoms with Crippen LogP contribution in [-0.4, -0.2) is 28.0 Å². The molecule has 1 heterocycles. The van der Waals surface area contributed by atoms with Crippen LogP contribution in [0.3, 0.4) is 0 Å². The number of hydrogen-bond acceptors (Lipinski definition) is 2. The van der Waals surface area contributed by atoms with Gasteiger partial charge in [0, 0.05) is 23.9 Å². The van der Waals surface area contributed by atoms with Gasteiger partial charge < -0.3 is 15.4 Å². The molecule has 22 heavy (non-hydrogen) atoms. The lowest BCUT2D eigenvalue weighted by atomic mass is 10.2. The van der Waals surface area contributed by atoms with Gasteiger partial charge in [0.25, 0.3) is 0 Å². The molecule has 1 unspecified atom stereocenters. The zero-order valence-electron chi connectivity index (χ0n) is 12.5. The summed E-state index contributed by atoms with van der Waals surface area (Å²) in [7, 11) is 0. The maximum Gasteiger partial charge on any atom is 0.305 e. The van der Waals surface area contributed by atoms with Crippen molar-refractivity contribution in [1.82, 2.24) is 10.3 Å². The minimum atomic E-state index is -0.912. The van der Waals surface area contributed by atoms with E-state index in [1.807, 2.05) is 42.5 Å². The zero-order chi connectivity index (χ0) is 15.9. The van der Waals surface area contributed by atoms with Crippen LogP contribution in [0.15, 0.2) is 42.5 Å². The lowest BCUT2D eigenvalue weighted by Gasteiger charge is -2.11. The lowest BCUT2D eigenvalue weighted by molar-refractivity contribution is -0.137. The summed E-state index contributed by atoms with van der Waals surface area (Å²) in [6, 6.07) is 13.6. The number of benzene rings is 1. The minimum absolute atomic E-state index is 0.0631. The molecule has 5 heteroatoms. The summed E-state index contributed by atoms with van der Waals surface area (Å²) in [6.45, 7) is 1.69. The molecule has 0 fully saturated rings. The van der Waals surface area contributed by atoms with E-state index in [0.717, 1.165) is 17.0 Å². The molecule has 116 valence electrons. The van der Waals surface area contributed by atoms with Gasteiger partial charge in [-0.15, -0.1) is 0 Å². The smallest absolute Gasteiger partial charge is 0.305 e. The average molecular weight is 300 g/mol. The molecule has 0 aliphatic rings. The Morgan fingerprint density at radius 3 is 2.59 bits per heavy atom. The van der Waals surface area contributed by atoms with Gasteiger partial charge in [0.15, 0.2) is 0 Å². The van der Waals surface area contributed by atoms with Crippen molar-refractivity contribution in [3.8, 4) is 11.3 Å². The van der Waals surface area contributed by atoms with Crippen molar-refractivity contribution in [3.63, 3.8) is 0 Å². The number of H-pyrrole nitrogens is 1. The fourth-order valence-corrected chi connectivity index (χ4v) is 2.28. The van der Waals surface area contributed by atoms with Crippen molar-refractivity contribution >= 4 is 11.9 Å². The summed E-state index contributed by atoms with van der Waals surface area (Å²) in [5, 5.41) is 11.3. The Morgan fingerprint density at radius 1 is 1.18 bits per heavy atom. The molecule has 2 aromatic rings. The van der Waals surface area contributed by atoms with E-state index in [4.69, 9.17) is 5.11 Å². The molecule has 1 aromatic carbocycles. The minimum Gasteiger partial charge on any atom is -0.481 e. The summed E-state index contributed by atoms with van der Waals surface area (Å²) in [5.74, 6) is -1.05. The number of carboxylic acid groups (broad SMARTS) is 1. The van der Waals surface area contributed by atoms with Crippen LogP contribution in [-0.2, 0) is 16.0 Å². The molecule has 2 rings (SSSR count). The Balaban J connectivity index is 1.84. The highest BCUT2D eigenvalue weighted by Crippen LogP contribution is 2.18. The Labute approximate surface area is 129 Å². The molecule has 0 saturated carbocycles. The normalized spacial score (nSPS) is 11.9. The highest BCUT2D eigenvalue weighted by Gasteiger charge is 2.11. The van der Waals surface area contributed by atoms with E-state index >= 15 is 0 Å². The third-order valence-electron chi connectivity index (χ3n) is 3.34. The van der Waals surface area contributed by atoms with E-state index in [-0.39, 0.29) is 18.4 Å². The number of aryl methyl sites for hydroxylation is 1. The van der Waals surface area contributed by atoms with Crippen LogP contribution >= 0.6 is 0 Å². The van der Waals surface area contributed by atoms with E-state index in [9.17, 15) is 9.59 Å². The van der Waals surface area contributed by atoms with Gasteiger partial charge >= 0.3 is 5.97 Å². The van der Waals surface area contributed by atoms with Crippen LogP contribution in [0.2, 0.25) is 0 Å². The average Bonchev–Trinajstić information content (AvgIpc) is 2.94. The molecule has 0 aliphatic carbocycles. The van der Waals surface area contributed by atoms with E-state index in [2.05, 4.69) is 10.3 Å². The van der Waals surface area contributed by atoms with E-state index in [1.54, 1.807) is 6.92 Å². The first-order chi connectivity index (χ1) is 10.5. The quantitative estimate of drug-likeness (QED) is 0.735. The van der Waals surface area contributed by atoms with Crippen LogP contribution < -0.4 is 5.32 Å². The molecule has 0 saturated heterocycles. The second-order valence-corrected chi connectivity index (χ2v) is 5.33. The Bertz CT molecular complexity index is 634. The summed E-state index contributed by atoms with van der Waals surface area (Å²) in [4.78, 5) is 25.6. The molecule has 0 spiro atoms. The third kappa shape index (κ3) is 4.77. The fraction of sp³-hybridized carbons (Fsp3) is 0.294. The Morgan fingerprint density at radius 2 is 1.91 bits per heavy atom. The third-order valence-corrected chi connectivity index (χ3v) is 3.34. The van der Waals surface area contributed by atoms with Crippen molar-refractivity contribution < 1.29 is 14.7 Å². The Kier molecular flexibility index (Phi) is 5.36. The van der Waals surface area contributed by atoms with Gasteiger partial charge in [-0.2, -0.15) is 0 Å². The molecule has 1 amide bonds. The number of rotatable bonds is 7. The second-order valence-electron chi connectivity index (χ2n) is 5.33. The summed E-state index contributed by atoms with van der Waals surface area (Å²) >= 11 is 0. The number of amides is 1. The standard InChI is InChI=1S/C17H20N2O3/c1-12(11-17(21)22)18-16(20)10-8-14-7-9-15(19-14)13-5-3-2-4-6-13/h2-7,9,12,19H,8,10-11H2,1H3,(H,18,20)(H,21,22). The van der Waals surface area contributed by atoms with Crippen LogP contribution in [0.1, 0.15) is 25.5 Å². The lowest BCUT2D eigenvalue weighted by Crippen LogP contribution is -2.34. The van der Waals surface area contributed by atoms with Crippen molar-refractivity contribution in [2.75, 3.05) is 0 Å². The van der Waals surface area contributed by atoms with Crippen molar-refractivity contribution in [1.29, 1.82) is 0 Å². The number of carboxylic acids is 1. The van der Waals surface area contributed by atoms with Gasteiger partial charge in [-0.25, -0.2) is 0 Å².